The Hall–Kier alpha value is -0.835. The van der Waals surface area contributed by atoms with Crippen LogP contribution in [0.15, 0.2) is 12.1 Å². The molecule has 0 aliphatic carbocycles. The highest BCUT2D eigenvalue weighted by atomic mass is 16.5. The Balaban J connectivity index is 2.35. The van der Waals surface area contributed by atoms with Crippen molar-refractivity contribution in [1.82, 2.24) is 5.23 Å². The Kier molecular flexibility index (Phi) is 4.43. The number of hydrogen-bond acceptors (Lipinski definition) is 3. The van der Waals surface area contributed by atoms with Gasteiger partial charge in [0.15, 0.2) is 0 Å². The van der Waals surface area contributed by atoms with E-state index in [-0.39, 0.29) is 12.2 Å². The number of benzene rings is 1. The van der Waals surface area contributed by atoms with E-state index in [2.05, 4.69) is 31.2 Å². The van der Waals surface area contributed by atoms with E-state index < -0.39 is 0 Å². The van der Waals surface area contributed by atoms with Crippen molar-refractivity contribution in [2.45, 2.75) is 45.8 Å². The molecule has 2 atom stereocenters. The second-order valence-electron chi connectivity index (χ2n) is 4.99. The third-order valence-electron chi connectivity index (χ3n) is 3.78. The fourth-order valence-electron chi connectivity index (χ4n) is 2.36. The number of aliphatic hydroxyl groups excluding tert-OH is 1. The summed E-state index contributed by atoms with van der Waals surface area (Å²) in [4.78, 5) is 0. The summed E-state index contributed by atoms with van der Waals surface area (Å²) in [6, 6.07) is 4.26. The predicted molar refractivity (Wildman–Crippen MR) is 73.5 cm³/mol. The van der Waals surface area contributed by atoms with Crippen molar-refractivity contribution >= 4 is 7.62 Å². The van der Waals surface area contributed by atoms with Gasteiger partial charge in [0, 0.05) is 6.54 Å². The second kappa shape index (κ2) is 5.87. The SMILES string of the molecule is CCC(O)Cc1c(C2CN[B]O2)ccc(C)c1C. The Morgan fingerprint density at radius 1 is 1.50 bits per heavy atom. The summed E-state index contributed by atoms with van der Waals surface area (Å²) in [5.41, 5.74) is 4.99. The van der Waals surface area contributed by atoms with Gasteiger partial charge in [-0.3, -0.25) is 0 Å². The van der Waals surface area contributed by atoms with Crippen molar-refractivity contribution in [3.05, 3.63) is 34.4 Å². The normalized spacial score (nSPS) is 20.8. The van der Waals surface area contributed by atoms with Gasteiger partial charge in [0.05, 0.1) is 12.2 Å². The molecule has 0 amide bonds. The maximum atomic E-state index is 9.93. The second-order valence-corrected chi connectivity index (χ2v) is 4.99. The lowest BCUT2D eigenvalue weighted by molar-refractivity contribution is 0.169. The first-order chi connectivity index (χ1) is 8.63. The van der Waals surface area contributed by atoms with Gasteiger partial charge in [-0.25, -0.2) is 0 Å². The molecule has 1 aromatic carbocycles. The molecule has 1 aliphatic heterocycles. The van der Waals surface area contributed by atoms with Crippen molar-refractivity contribution in [2.75, 3.05) is 6.54 Å². The maximum Gasteiger partial charge on any atom is 0.396 e. The molecule has 1 aromatic rings. The average molecular weight is 246 g/mol. The summed E-state index contributed by atoms with van der Waals surface area (Å²) in [7, 11) is 1.65. The summed E-state index contributed by atoms with van der Waals surface area (Å²) in [6.45, 7) is 7.05. The highest BCUT2D eigenvalue weighted by Gasteiger charge is 2.23. The maximum absolute atomic E-state index is 9.93. The smallest absolute Gasteiger partial charge is 0.396 e. The molecule has 1 heterocycles. The molecule has 0 saturated carbocycles. The van der Waals surface area contributed by atoms with E-state index in [1.807, 2.05) is 6.92 Å². The fourth-order valence-corrected chi connectivity index (χ4v) is 2.36. The molecule has 1 aliphatic rings. The van der Waals surface area contributed by atoms with E-state index >= 15 is 0 Å². The lowest BCUT2D eigenvalue weighted by Gasteiger charge is -2.21. The van der Waals surface area contributed by atoms with E-state index in [0.717, 1.165) is 13.0 Å². The zero-order valence-electron chi connectivity index (χ0n) is 11.4. The topological polar surface area (TPSA) is 41.5 Å². The minimum Gasteiger partial charge on any atom is -0.416 e. The first-order valence-corrected chi connectivity index (χ1v) is 6.61. The van der Waals surface area contributed by atoms with Gasteiger partial charge in [0.1, 0.15) is 0 Å². The average Bonchev–Trinajstić information content (AvgIpc) is 2.88. The van der Waals surface area contributed by atoms with Gasteiger partial charge in [0.25, 0.3) is 0 Å². The molecule has 97 valence electrons. The minimum atomic E-state index is -0.275. The van der Waals surface area contributed by atoms with Crippen molar-refractivity contribution in [3.63, 3.8) is 0 Å². The minimum absolute atomic E-state index is 0.0726. The number of aliphatic hydroxyl groups is 1. The van der Waals surface area contributed by atoms with Crippen LogP contribution < -0.4 is 5.23 Å². The zero-order valence-corrected chi connectivity index (χ0v) is 11.4. The Labute approximate surface area is 110 Å². The Morgan fingerprint density at radius 3 is 2.89 bits per heavy atom. The van der Waals surface area contributed by atoms with Crippen molar-refractivity contribution in [1.29, 1.82) is 0 Å². The third kappa shape index (κ3) is 2.77. The van der Waals surface area contributed by atoms with Crippen LogP contribution in [0.1, 0.15) is 41.7 Å². The van der Waals surface area contributed by atoms with Crippen molar-refractivity contribution in [3.8, 4) is 0 Å². The molecule has 2 unspecified atom stereocenters. The summed E-state index contributed by atoms with van der Waals surface area (Å²) < 4.78 is 5.57. The van der Waals surface area contributed by atoms with Crippen LogP contribution in [0.2, 0.25) is 0 Å². The molecule has 18 heavy (non-hydrogen) atoms. The van der Waals surface area contributed by atoms with Crippen LogP contribution in [-0.2, 0) is 11.1 Å². The molecular formula is C14H21BNO2. The molecule has 1 saturated heterocycles. The standard InChI is InChI=1S/C14H21BNO2/c1-4-11(17)7-13-10(3)9(2)5-6-12(13)14-8-16-15-18-14/h5-6,11,14,16-17H,4,7-8H2,1-3H3. The molecule has 4 heteroatoms. The molecule has 0 bridgehead atoms. The molecule has 1 radical (unpaired) electrons. The summed E-state index contributed by atoms with van der Waals surface area (Å²) in [5, 5.41) is 13.0. The first-order valence-electron chi connectivity index (χ1n) is 6.61. The van der Waals surface area contributed by atoms with Gasteiger partial charge in [-0.05, 0) is 48.9 Å². The van der Waals surface area contributed by atoms with Gasteiger partial charge in [0.2, 0.25) is 0 Å². The van der Waals surface area contributed by atoms with Crippen LogP contribution in [-0.4, -0.2) is 25.4 Å². The number of aryl methyl sites for hydroxylation is 1. The van der Waals surface area contributed by atoms with E-state index in [1.54, 1.807) is 7.62 Å². The van der Waals surface area contributed by atoms with Gasteiger partial charge < -0.3 is 15.0 Å². The van der Waals surface area contributed by atoms with Crippen molar-refractivity contribution < 1.29 is 9.76 Å². The Morgan fingerprint density at radius 2 is 2.28 bits per heavy atom. The number of hydrogen-bond donors (Lipinski definition) is 2. The van der Waals surface area contributed by atoms with Crippen LogP contribution in [0.25, 0.3) is 0 Å². The van der Waals surface area contributed by atoms with Crippen molar-refractivity contribution in [2.24, 2.45) is 0 Å². The third-order valence-corrected chi connectivity index (χ3v) is 3.78. The molecule has 2 N–H and O–H groups in total. The first kappa shape index (κ1) is 13.6. The van der Waals surface area contributed by atoms with Gasteiger partial charge in [-0.2, -0.15) is 0 Å². The molecule has 3 nitrogen and oxygen atoms in total. The van der Waals surface area contributed by atoms with Gasteiger partial charge in [-0.15, -0.1) is 0 Å². The molecule has 1 fully saturated rings. The van der Waals surface area contributed by atoms with Crippen LogP contribution in [0.3, 0.4) is 0 Å². The molecular weight excluding hydrogens is 225 g/mol. The van der Waals surface area contributed by atoms with E-state index in [9.17, 15) is 5.11 Å². The monoisotopic (exact) mass is 246 g/mol. The number of nitrogens with one attached hydrogen (secondary N) is 1. The quantitative estimate of drug-likeness (QED) is 0.796. The largest absolute Gasteiger partial charge is 0.416 e. The van der Waals surface area contributed by atoms with E-state index in [1.165, 1.54) is 22.3 Å². The molecule has 0 spiro atoms. The zero-order chi connectivity index (χ0) is 13.1. The lowest BCUT2D eigenvalue weighted by Crippen LogP contribution is -2.15. The predicted octanol–water partition coefficient (Wildman–Crippen LogP) is 1.81. The van der Waals surface area contributed by atoms with E-state index in [4.69, 9.17) is 4.65 Å². The highest BCUT2D eigenvalue weighted by molar-refractivity contribution is 6.24. The van der Waals surface area contributed by atoms with Gasteiger partial charge >= 0.3 is 7.62 Å². The Bertz CT molecular complexity index is 417. The highest BCUT2D eigenvalue weighted by Crippen LogP contribution is 2.28. The fraction of sp³-hybridized carbons (Fsp3) is 0.571. The molecule has 0 aromatic heterocycles. The van der Waals surface area contributed by atoms with Crippen LogP contribution in [0.4, 0.5) is 0 Å². The lowest BCUT2D eigenvalue weighted by atomic mass is 9.90. The van der Waals surface area contributed by atoms with E-state index in [0.29, 0.717) is 6.42 Å². The van der Waals surface area contributed by atoms with Crippen LogP contribution >= 0.6 is 0 Å². The van der Waals surface area contributed by atoms with Gasteiger partial charge in [-0.1, -0.05) is 19.1 Å². The number of rotatable bonds is 4. The van der Waals surface area contributed by atoms with Crippen LogP contribution in [0.5, 0.6) is 0 Å². The van der Waals surface area contributed by atoms with Crippen LogP contribution in [0, 0.1) is 13.8 Å². The summed E-state index contributed by atoms with van der Waals surface area (Å²) >= 11 is 0. The molecule has 2 rings (SSSR count). The summed E-state index contributed by atoms with van der Waals surface area (Å²) in [6.07, 6.45) is 1.29. The summed E-state index contributed by atoms with van der Waals surface area (Å²) in [5.74, 6) is 0.